The molecular weight excluding hydrogens is 342 g/mol. The standard InChI is InChI=1S/C10H14F5I/c11-9(12,10(13,14)15)7-5-3-1-2-4-6-8(7)16/h7-8H,1-6H2. The van der Waals surface area contributed by atoms with Crippen molar-refractivity contribution in [3.05, 3.63) is 0 Å². The van der Waals surface area contributed by atoms with Crippen LogP contribution in [0.15, 0.2) is 0 Å². The first-order valence-corrected chi connectivity index (χ1v) is 6.60. The molecule has 1 aliphatic rings. The summed E-state index contributed by atoms with van der Waals surface area (Å²) in [5.41, 5.74) is 0. The predicted octanol–water partition coefficient (Wildman–Crippen LogP) is 4.96. The van der Waals surface area contributed by atoms with Gasteiger partial charge in [-0.3, -0.25) is 0 Å². The molecule has 0 amide bonds. The summed E-state index contributed by atoms with van der Waals surface area (Å²) in [6.45, 7) is 0. The molecule has 1 rings (SSSR count). The summed E-state index contributed by atoms with van der Waals surface area (Å²) in [4.78, 5) is 0. The third-order valence-corrected chi connectivity index (χ3v) is 4.52. The molecule has 0 bridgehead atoms. The Morgan fingerprint density at radius 2 is 1.31 bits per heavy atom. The zero-order chi connectivity index (χ0) is 12.4. The van der Waals surface area contributed by atoms with Crippen LogP contribution in [0, 0.1) is 5.92 Å². The quantitative estimate of drug-likeness (QED) is 0.354. The molecule has 96 valence electrons. The van der Waals surface area contributed by atoms with E-state index in [0.29, 0.717) is 12.8 Å². The number of halogens is 6. The van der Waals surface area contributed by atoms with Crippen molar-refractivity contribution in [2.75, 3.05) is 0 Å². The fourth-order valence-electron chi connectivity index (χ4n) is 2.06. The van der Waals surface area contributed by atoms with Gasteiger partial charge in [-0.05, 0) is 12.8 Å². The number of hydrogen-bond acceptors (Lipinski definition) is 0. The van der Waals surface area contributed by atoms with Crippen LogP contribution in [0.5, 0.6) is 0 Å². The average molecular weight is 356 g/mol. The van der Waals surface area contributed by atoms with E-state index in [1.807, 2.05) is 0 Å². The molecule has 0 aromatic rings. The van der Waals surface area contributed by atoms with Gasteiger partial charge in [0.15, 0.2) is 0 Å². The molecule has 6 heteroatoms. The van der Waals surface area contributed by atoms with E-state index >= 15 is 0 Å². The Labute approximate surface area is 105 Å². The zero-order valence-electron chi connectivity index (χ0n) is 8.67. The first kappa shape index (κ1) is 14.4. The van der Waals surface area contributed by atoms with Crippen molar-refractivity contribution in [3.8, 4) is 0 Å². The molecule has 1 fully saturated rings. The highest BCUT2D eigenvalue weighted by Crippen LogP contribution is 2.47. The first-order chi connectivity index (χ1) is 7.27. The Morgan fingerprint density at radius 1 is 0.812 bits per heavy atom. The normalized spacial score (nSPS) is 29.6. The van der Waals surface area contributed by atoms with E-state index in [0.717, 1.165) is 19.3 Å². The van der Waals surface area contributed by atoms with Crippen LogP contribution >= 0.6 is 22.6 Å². The molecule has 2 unspecified atom stereocenters. The van der Waals surface area contributed by atoms with Gasteiger partial charge in [0.1, 0.15) is 0 Å². The maximum atomic E-state index is 13.3. The van der Waals surface area contributed by atoms with E-state index in [2.05, 4.69) is 0 Å². The van der Waals surface area contributed by atoms with Crippen LogP contribution in [0.4, 0.5) is 22.0 Å². The van der Waals surface area contributed by atoms with Gasteiger partial charge in [0.05, 0.1) is 0 Å². The average Bonchev–Trinajstić information content (AvgIpc) is 2.09. The minimum Gasteiger partial charge on any atom is -0.196 e. The van der Waals surface area contributed by atoms with Crippen LogP contribution in [0.3, 0.4) is 0 Å². The van der Waals surface area contributed by atoms with Gasteiger partial charge >= 0.3 is 12.1 Å². The van der Waals surface area contributed by atoms with Gasteiger partial charge in [-0.2, -0.15) is 22.0 Å². The topological polar surface area (TPSA) is 0 Å². The lowest BCUT2D eigenvalue weighted by atomic mass is 9.86. The monoisotopic (exact) mass is 356 g/mol. The molecule has 2 atom stereocenters. The summed E-state index contributed by atoms with van der Waals surface area (Å²) >= 11 is 1.75. The number of rotatable bonds is 1. The fraction of sp³-hybridized carbons (Fsp3) is 1.00. The van der Waals surface area contributed by atoms with E-state index in [9.17, 15) is 22.0 Å². The molecule has 0 spiro atoms. The Kier molecular flexibility index (Phi) is 4.83. The third kappa shape index (κ3) is 3.20. The lowest BCUT2D eigenvalue weighted by Gasteiger charge is -2.33. The van der Waals surface area contributed by atoms with E-state index < -0.39 is 21.9 Å². The minimum absolute atomic E-state index is 0.0277. The predicted molar refractivity (Wildman–Crippen MR) is 60.0 cm³/mol. The second-order valence-electron chi connectivity index (χ2n) is 4.23. The molecule has 0 aliphatic heterocycles. The second kappa shape index (κ2) is 5.35. The lowest BCUT2D eigenvalue weighted by molar-refractivity contribution is -0.303. The molecular formula is C10H14F5I. The summed E-state index contributed by atoms with van der Waals surface area (Å²) in [5.74, 6) is -6.11. The van der Waals surface area contributed by atoms with Gasteiger partial charge < -0.3 is 0 Å². The maximum Gasteiger partial charge on any atom is 0.453 e. The Morgan fingerprint density at radius 3 is 1.81 bits per heavy atom. The molecule has 0 aromatic carbocycles. The van der Waals surface area contributed by atoms with E-state index in [4.69, 9.17) is 0 Å². The fourth-order valence-corrected chi connectivity index (χ4v) is 3.31. The van der Waals surface area contributed by atoms with Crippen molar-refractivity contribution >= 4 is 22.6 Å². The molecule has 0 aromatic heterocycles. The lowest BCUT2D eigenvalue weighted by Crippen LogP contribution is -2.47. The molecule has 16 heavy (non-hydrogen) atoms. The summed E-state index contributed by atoms with van der Waals surface area (Å²) < 4.78 is 62.7. The highest BCUT2D eigenvalue weighted by molar-refractivity contribution is 14.1. The maximum absolute atomic E-state index is 13.3. The van der Waals surface area contributed by atoms with Gasteiger partial charge in [-0.1, -0.05) is 48.3 Å². The molecule has 0 heterocycles. The van der Waals surface area contributed by atoms with Gasteiger partial charge in [0.25, 0.3) is 0 Å². The van der Waals surface area contributed by atoms with Gasteiger partial charge in [-0.15, -0.1) is 0 Å². The van der Waals surface area contributed by atoms with Crippen molar-refractivity contribution in [2.45, 2.75) is 54.5 Å². The van der Waals surface area contributed by atoms with E-state index in [1.54, 1.807) is 22.6 Å². The van der Waals surface area contributed by atoms with Crippen molar-refractivity contribution in [2.24, 2.45) is 5.92 Å². The Bertz CT molecular complexity index is 226. The smallest absolute Gasteiger partial charge is 0.196 e. The largest absolute Gasteiger partial charge is 0.453 e. The molecule has 0 radical (unpaired) electrons. The highest BCUT2D eigenvalue weighted by atomic mass is 127. The number of hydrogen-bond donors (Lipinski definition) is 0. The van der Waals surface area contributed by atoms with Crippen molar-refractivity contribution in [1.29, 1.82) is 0 Å². The second-order valence-corrected chi connectivity index (χ2v) is 5.83. The molecule has 0 saturated heterocycles. The van der Waals surface area contributed by atoms with Crippen LogP contribution in [0.25, 0.3) is 0 Å². The van der Waals surface area contributed by atoms with Crippen LogP contribution in [-0.2, 0) is 0 Å². The minimum atomic E-state index is -5.42. The van der Waals surface area contributed by atoms with E-state index in [1.165, 1.54) is 0 Å². The van der Waals surface area contributed by atoms with Crippen LogP contribution in [0.1, 0.15) is 38.5 Å². The Balaban J connectivity index is 2.81. The highest BCUT2D eigenvalue weighted by Gasteiger charge is 2.63. The van der Waals surface area contributed by atoms with Crippen LogP contribution < -0.4 is 0 Å². The summed E-state index contributed by atoms with van der Waals surface area (Å²) in [6, 6.07) is 0. The zero-order valence-corrected chi connectivity index (χ0v) is 10.8. The third-order valence-electron chi connectivity index (χ3n) is 3.03. The SMILES string of the molecule is FC(F)(F)C(F)(F)C1CCCCCCC1I. The summed E-state index contributed by atoms with van der Waals surface area (Å²) in [5, 5.41) is 0. The molecule has 1 aliphatic carbocycles. The van der Waals surface area contributed by atoms with E-state index in [-0.39, 0.29) is 6.42 Å². The van der Waals surface area contributed by atoms with Gasteiger partial charge in [-0.25, -0.2) is 0 Å². The summed E-state index contributed by atoms with van der Waals surface area (Å²) in [7, 11) is 0. The molecule has 0 nitrogen and oxygen atoms in total. The van der Waals surface area contributed by atoms with Crippen molar-refractivity contribution in [3.63, 3.8) is 0 Å². The Hall–Kier alpha value is 0.380. The summed E-state index contributed by atoms with van der Waals surface area (Å²) in [6.07, 6.45) is -2.08. The van der Waals surface area contributed by atoms with Gasteiger partial charge in [0, 0.05) is 9.84 Å². The first-order valence-electron chi connectivity index (χ1n) is 5.35. The van der Waals surface area contributed by atoms with Crippen LogP contribution in [-0.4, -0.2) is 16.0 Å². The van der Waals surface area contributed by atoms with Crippen molar-refractivity contribution < 1.29 is 22.0 Å². The number of alkyl halides is 6. The van der Waals surface area contributed by atoms with Crippen LogP contribution in [0.2, 0.25) is 0 Å². The van der Waals surface area contributed by atoms with Crippen molar-refractivity contribution in [1.82, 2.24) is 0 Å². The molecule has 1 saturated carbocycles. The van der Waals surface area contributed by atoms with Gasteiger partial charge in [0.2, 0.25) is 0 Å². The molecule has 0 N–H and O–H groups in total.